The number of aromatic amines is 1. The number of nitrogens with zero attached hydrogens (tertiary/aromatic N) is 4. The van der Waals surface area contributed by atoms with Gasteiger partial charge in [-0.25, -0.2) is 8.78 Å². The summed E-state index contributed by atoms with van der Waals surface area (Å²) in [6, 6.07) is 4.98. The Bertz CT molecular complexity index is 1400. The second-order valence-electron chi connectivity index (χ2n) is 9.00. The molecule has 1 spiro atoms. The molecule has 0 bridgehead atoms. The van der Waals surface area contributed by atoms with Crippen molar-refractivity contribution in [2.75, 3.05) is 30.4 Å². The molecule has 8 nitrogen and oxygen atoms in total. The Morgan fingerprint density at radius 3 is 2.70 bits per heavy atom. The van der Waals surface area contributed by atoms with E-state index in [1.54, 1.807) is 19.3 Å². The number of nitrogens with two attached hydrogens (primary N) is 1. The highest BCUT2D eigenvalue weighted by atomic mass is 19.2. The van der Waals surface area contributed by atoms with Crippen LogP contribution in [0.5, 0.6) is 11.8 Å². The van der Waals surface area contributed by atoms with E-state index in [9.17, 15) is 4.39 Å². The molecule has 3 aromatic heterocycles. The highest BCUT2D eigenvalue weighted by Crippen LogP contribution is 2.50. The monoisotopic (exact) mass is 451 g/mol. The molecule has 1 saturated carbocycles. The zero-order valence-electron chi connectivity index (χ0n) is 18.2. The molecular formula is C23H23F2N7O. The molecule has 1 aromatic carbocycles. The quantitative estimate of drug-likeness (QED) is 0.433. The van der Waals surface area contributed by atoms with Crippen LogP contribution in [0.4, 0.5) is 20.3 Å². The number of hydrogen-bond donors (Lipinski definition) is 3. The normalized spacial score (nSPS) is 19.1. The average Bonchev–Trinajstić information content (AvgIpc) is 3.15. The van der Waals surface area contributed by atoms with E-state index in [0.29, 0.717) is 46.9 Å². The minimum Gasteiger partial charge on any atom is -0.423 e. The van der Waals surface area contributed by atoms with E-state index in [0.717, 1.165) is 24.6 Å². The van der Waals surface area contributed by atoms with Crippen LogP contribution in [-0.2, 0) is 0 Å². The van der Waals surface area contributed by atoms with Crippen LogP contribution >= 0.6 is 0 Å². The molecule has 4 N–H and O–H groups in total. The molecule has 1 aliphatic carbocycles. The van der Waals surface area contributed by atoms with Crippen LogP contribution < -0.4 is 20.7 Å². The van der Waals surface area contributed by atoms with E-state index in [2.05, 4.69) is 25.3 Å². The van der Waals surface area contributed by atoms with Crippen LogP contribution in [0.1, 0.15) is 18.5 Å². The molecule has 4 heterocycles. The van der Waals surface area contributed by atoms with Gasteiger partial charge in [-0.3, -0.25) is 4.98 Å². The van der Waals surface area contributed by atoms with Gasteiger partial charge in [0.15, 0.2) is 11.6 Å². The molecule has 1 aliphatic heterocycles. The van der Waals surface area contributed by atoms with Gasteiger partial charge in [0, 0.05) is 43.4 Å². The largest absolute Gasteiger partial charge is 0.423 e. The Morgan fingerprint density at radius 2 is 2.06 bits per heavy atom. The van der Waals surface area contributed by atoms with Crippen LogP contribution in [0.25, 0.3) is 21.9 Å². The number of rotatable bonds is 4. The van der Waals surface area contributed by atoms with E-state index >= 15 is 4.39 Å². The number of aryl methyl sites for hydroxylation is 1. The predicted molar refractivity (Wildman–Crippen MR) is 122 cm³/mol. The van der Waals surface area contributed by atoms with Gasteiger partial charge in [-0.15, -0.1) is 0 Å². The number of halogens is 2. The lowest BCUT2D eigenvalue weighted by atomic mass is 9.60. The van der Waals surface area contributed by atoms with E-state index in [4.69, 9.17) is 10.5 Å². The summed E-state index contributed by atoms with van der Waals surface area (Å²) in [4.78, 5) is 18.5. The molecule has 6 rings (SSSR count). The molecule has 0 radical (unpaired) electrons. The van der Waals surface area contributed by atoms with Crippen molar-refractivity contribution in [2.24, 2.45) is 11.1 Å². The van der Waals surface area contributed by atoms with Crippen LogP contribution in [0.3, 0.4) is 0 Å². The standard InChI is InChI=1S/C23H23F2N7O/c1-11-3-4-12(8-28-11)33-22-30-20-17(16-18(25)13(24)7-14(27-2)19(16)29-20)21(31-22)32-9-23(10-32)6-5-15(23)26/h3-4,7-8,15,27H,5-6,9-10,26H2,1-2H3,(H,29,30,31)/t15-/m1/s1. The van der Waals surface area contributed by atoms with Gasteiger partial charge in [0.25, 0.3) is 0 Å². The first kappa shape index (κ1) is 20.1. The molecule has 1 atom stereocenters. The molecule has 10 heteroatoms. The number of H-pyrrole nitrogens is 1. The first-order chi connectivity index (χ1) is 15.9. The van der Waals surface area contributed by atoms with E-state index in [1.807, 2.05) is 17.9 Å². The SMILES string of the molecule is CNc1cc(F)c(F)c2c1[nH]c1nc(Oc3ccc(C)nc3)nc(N3CC4(CC[C@H]4N)C3)c12. The number of nitrogens with one attached hydrogen (secondary N) is 2. The summed E-state index contributed by atoms with van der Waals surface area (Å²) >= 11 is 0. The lowest BCUT2D eigenvalue weighted by Gasteiger charge is -2.60. The third kappa shape index (κ3) is 2.93. The highest BCUT2D eigenvalue weighted by molar-refractivity contribution is 6.15. The fourth-order valence-electron chi connectivity index (χ4n) is 4.93. The maximum absolute atomic E-state index is 15.1. The molecule has 4 aromatic rings. The van der Waals surface area contributed by atoms with Gasteiger partial charge in [-0.05, 0) is 31.9 Å². The van der Waals surface area contributed by atoms with E-state index in [1.165, 1.54) is 0 Å². The van der Waals surface area contributed by atoms with Crippen molar-refractivity contribution in [3.8, 4) is 11.8 Å². The van der Waals surface area contributed by atoms with Gasteiger partial charge in [-0.2, -0.15) is 9.97 Å². The second-order valence-corrected chi connectivity index (χ2v) is 9.00. The average molecular weight is 451 g/mol. The Hall–Kier alpha value is -3.53. The number of anilines is 2. The number of fused-ring (bicyclic) bond motifs is 3. The van der Waals surface area contributed by atoms with Crippen molar-refractivity contribution in [1.82, 2.24) is 19.9 Å². The van der Waals surface area contributed by atoms with Crippen molar-refractivity contribution in [1.29, 1.82) is 0 Å². The maximum atomic E-state index is 15.1. The Morgan fingerprint density at radius 1 is 1.24 bits per heavy atom. The van der Waals surface area contributed by atoms with E-state index < -0.39 is 11.6 Å². The van der Waals surface area contributed by atoms with Gasteiger partial charge >= 0.3 is 6.01 Å². The van der Waals surface area contributed by atoms with Gasteiger partial charge in [-0.1, -0.05) is 0 Å². The van der Waals surface area contributed by atoms with Crippen molar-refractivity contribution >= 4 is 33.4 Å². The summed E-state index contributed by atoms with van der Waals surface area (Å²) in [7, 11) is 1.65. The van der Waals surface area contributed by atoms with Gasteiger partial charge in [0.05, 0.1) is 28.2 Å². The number of pyridine rings is 1. The van der Waals surface area contributed by atoms with Crippen molar-refractivity contribution in [3.63, 3.8) is 0 Å². The number of aromatic nitrogens is 4. The maximum Gasteiger partial charge on any atom is 0.326 e. The van der Waals surface area contributed by atoms with E-state index in [-0.39, 0.29) is 22.9 Å². The summed E-state index contributed by atoms with van der Waals surface area (Å²) in [5.41, 5.74) is 8.39. The molecule has 170 valence electrons. The Labute approximate surface area is 188 Å². The third-order valence-electron chi connectivity index (χ3n) is 7.00. The molecule has 2 aliphatic rings. The second kappa shape index (κ2) is 6.98. The van der Waals surface area contributed by atoms with Gasteiger partial charge in [0.1, 0.15) is 17.2 Å². The van der Waals surface area contributed by atoms with Crippen LogP contribution in [0, 0.1) is 24.0 Å². The molecule has 33 heavy (non-hydrogen) atoms. The van der Waals surface area contributed by atoms with Crippen LogP contribution in [-0.4, -0.2) is 46.1 Å². The topological polar surface area (TPSA) is 105 Å². The van der Waals surface area contributed by atoms with Crippen molar-refractivity contribution in [3.05, 3.63) is 41.7 Å². The molecule has 0 unspecified atom stereocenters. The summed E-state index contributed by atoms with van der Waals surface area (Å²) in [6.45, 7) is 3.29. The summed E-state index contributed by atoms with van der Waals surface area (Å²) in [5.74, 6) is -0.896. The van der Waals surface area contributed by atoms with Crippen LogP contribution in [0.15, 0.2) is 24.4 Å². The summed E-state index contributed by atoms with van der Waals surface area (Å²) in [5, 5.41) is 3.46. The molecular weight excluding hydrogens is 428 g/mol. The van der Waals surface area contributed by atoms with Crippen molar-refractivity contribution in [2.45, 2.75) is 25.8 Å². The highest BCUT2D eigenvalue weighted by Gasteiger charge is 2.54. The number of benzene rings is 1. The van der Waals surface area contributed by atoms with Gasteiger partial charge < -0.3 is 25.7 Å². The Kier molecular flexibility index (Phi) is 4.25. The lowest BCUT2D eigenvalue weighted by molar-refractivity contribution is 0.0559. The fraction of sp³-hybridized carbons (Fsp3) is 0.348. The van der Waals surface area contributed by atoms with Crippen LogP contribution in [0.2, 0.25) is 0 Å². The predicted octanol–water partition coefficient (Wildman–Crippen LogP) is 3.85. The molecule has 1 saturated heterocycles. The number of ether oxygens (including phenoxy) is 1. The smallest absolute Gasteiger partial charge is 0.326 e. The van der Waals surface area contributed by atoms with Crippen molar-refractivity contribution < 1.29 is 13.5 Å². The minimum atomic E-state index is -0.939. The first-order valence-electron chi connectivity index (χ1n) is 10.9. The molecule has 0 amide bonds. The zero-order chi connectivity index (χ0) is 22.9. The zero-order valence-corrected chi connectivity index (χ0v) is 18.2. The van der Waals surface area contributed by atoms with Gasteiger partial charge in [0.2, 0.25) is 0 Å². The number of hydrogen-bond acceptors (Lipinski definition) is 7. The third-order valence-corrected chi connectivity index (χ3v) is 7.00. The molecule has 2 fully saturated rings. The minimum absolute atomic E-state index is 0.0607. The fourth-order valence-corrected chi connectivity index (χ4v) is 4.93. The first-order valence-corrected chi connectivity index (χ1v) is 10.9. The lowest BCUT2D eigenvalue weighted by Crippen LogP contribution is -2.69. The Balaban J connectivity index is 1.53. The summed E-state index contributed by atoms with van der Waals surface area (Å²) < 4.78 is 35.4. The summed E-state index contributed by atoms with van der Waals surface area (Å²) in [6.07, 6.45) is 3.65.